The van der Waals surface area contributed by atoms with Gasteiger partial charge in [0.15, 0.2) is 0 Å². The lowest BCUT2D eigenvalue weighted by molar-refractivity contribution is -0.128. The number of ether oxygens (including phenoxy) is 2. The van der Waals surface area contributed by atoms with Crippen LogP contribution in [0.4, 0.5) is 11.5 Å². The molecule has 41 heavy (non-hydrogen) atoms. The summed E-state index contributed by atoms with van der Waals surface area (Å²) in [5.74, 6) is 0.677. The molecular weight excluding hydrogens is 540 g/mol. The first kappa shape index (κ1) is 27.3. The van der Waals surface area contributed by atoms with E-state index in [0.29, 0.717) is 51.5 Å². The monoisotopic (exact) mass is 572 g/mol. The third-order valence-corrected chi connectivity index (χ3v) is 8.24. The third-order valence-electron chi connectivity index (χ3n) is 7.93. The Morgan fingerprint density at radius 2 is 1.95 bits per heavy atom. The second-order valence-corrected chi connectivity index (χ2v) is 11.0. The topological polar surface area (TPSA) is 75.4 Å². The lowest BCUT2D eigenvalue weighted by Gasteiger charge is -2.41. The summed E-state index contributed by atoms with van der Waals surface area (Å²) < 4.78 is 11.8. The van der Waals surface area contributed by atoms with Crippen LogP contribution in [0.2, 0.25) is 5.02 Å². The van der Waals surface area contributed by atoms with E-state index in [1.807, 2.05) is 12.1 Å². The van der Waals surface area contributed by atoms with E-state index >= 15 is 0 Å². The first-order valence-corrected chi connectivity index (χ1v) is 14.5. The van der Waals surface area contributed by atoms with E-state index in [9.17, 15) is 4.79 Å². The summed E-state index contributed by atoms with van der Waals surface area (Å²) >= 11 is 6.67. The predicted octanol–water partition coefficient (Wildman–Crippen LogP) is 4.53. The highest BCUT2D eigenvalue weighted by Gasteiger charge is 2.35. The second-order valence-electron chi connectivity index (χ2n) is 10.6. The number of piperazine rings is 1. The average molecular weight is 573 g/mol. The van der Waals surface area contributed by atoms with Crippen LogP contribution in [0.25, 0.3) is 15.6 Å². The Labute approximate surface area is 245 Å². The Morgan fingerprint density at radius 1 is 1.12 bits per heavy atom. The fraction of sp³-hybridized carbons (Fsp3) is 0.419. The van der Waals surface area contributed by atoms with E-state index in [1.165, 1.54) is 6.08 Å². The molecule has 1 amide bonds. The van der Waals surface area contributed by atoms with Gasteiger partial charge in [-0.15, -0.1) is 0 Å². The molecule has 1 aromatic heterocycles. The maximum absolute atomic E-state index is 12.5. The number of carbonyl (C=O) groups excluding carboxylic acids is 1. The number of benzene rings is 2. The van der Waals surface area contributed by atoms with Crippen LogP contribution in [0.1, 0.15) is 24.1 Å². The summed E-state index contributed by atoms with van der Waals surface area (Å²) in [6.07, 6.45) is 4.64. The molecule has 10 heteroatoms. The van der Waals surface area contributed by atoms with Gasteiger partial charge in [-0.05, 0) is 42.9 Å². The number of aromatic nitrogens is 2. The number of halogens is 1. The second kappa shape index (κ2) is 11.9. The predicted molar refractivity (Wildman–Crippen MR) is 160 cm³/mol. The van der Waals surface area contributed by atoms with Crippen LogP contribution in [-0.4, -0.2) is 78.9 Å². The smallest absolute Gasteiger partial charge is 0.318 e. The molecule has 3 aliphatic rings. The zero-order valence-electron chi connectivity index (χ0n) is 23.0. The fourth-order valence-electron chi connectivity index (χ4n) is 5.76. The Kier molecular flexibility index (Phi) is 7.95. The molecule has 1 atom stereocenters. The minimum atomic E-state index is -0.244. The molecule has 9 nitrogen and oxygen atoms in total. The van der Waals surface area contributed by atoms with Crippen LogP contribution in [0.3, 0.4) is 0 Å². The van der Waals surface area contributed by atoms with Gasteiger partial charge in [0.05, 0.1) is 30.0 Å². The van der Waals surface area contributed by atoms with Gasteiger partial charge in [-0.3, -0.25) is 4.79 Å². The van der Waals surface area contributed by atoms with Crippen LogP contribution in [0.5, 0.6) is 6.01 Å². The standard InChI is InChI=1S/C31H33ClN6O3/c1-3-28(39)38-15-14-37(19-22(38)18-33-2)30-24-12-13-36(27-9-5-7-21-6-4-8-25(32)29(21)27)20-26(24)34-31(35-30)41-17-16-40-23-10-11-23/h3-9,22-23H,1,10-20H2/t22-/m0/s1. The van der Waals surface area contributed by atoms with E-state index in [0.717, 1.165) is 64.4 Å². The Hall–Kier alpha value is -3.87. The molecule has 0 radical (unpaired) electrons. The number of amides is 1. The zero-order chi connectivity index (χ0) is 28.3. The van der Waals surface area contributed by atoms with Gasteiger partial charge in [-0.25, -0.2) is 6.57 Å². The SMILES string of the molecule is [C-]#[N+]C[C@H]1CN(c2nc(OCCOC3CC3)nc3c2CCN(c2cccc4cccc(Cl)c24)C3)CCN1C(=O)C=C. The van der Waals surface area contributed by atoms with E-state index in [2.05, 4.69) is 45.5 Å². The minimum Gasteiger partial charge on any atom is -0.461 e. The number of rotatable bonds is 9. The van der Waals surface area contributed by atoms with Crippen molar-refractivity contribution in [2.24, 2.45) is 0 Å². The van der Waals surface area contributed by atoms with Crippen molar-refractivity contribution in [1.29, 1.82) is 0 Å². The molecule has 6 rings (SSSR count). The fourth-order valence-corrected chi connectivity index (χ4v) is 6.04. The highest BCUT2D eigenvalue weighted by atomic mass is 35.5. The normalized spacial score (nSPS) is 18.6. The zero-order valence-corrected chi connectivity index (χ0v) is 23.7. The summed E-state index contributed by atoms with van der Waals surface area (Å²) in [6, 6.07) is 12.3. The molecule has 2 aliphatic heterocycles. The number of nitrogens with zero attached hydrogens (tertiary/aromatic N) is 6. The summed E-state index contributed by atoms with van der Waals surface area (Å²) in [4.78, 5) is 32.1. The van der Waals surface area contributed by atoms with Crippen LogP contribution in [-0.2, 0) is 22.5 Å². The summed E-state index contributed by atoms with van der Waals surface area (Å²) in [7, 11) is 0. The Morgan fingerprint density at radius 3 is 2.73 bits per heavy atom. The molecule has 2 aromatic carbocycles. The van der Waals surface area contributed by atoms with Crippen molar-refractivity contribution < 1.29 is 14.3 Å². The average Bonchev–Trinajstić information content (AvgIpc) is 3.83. The Bertz CT molecular complexity index is 1500. The number of anilines is 2. The largest absolute Gasteiger partial charge is 0.461 e. The maximum Gasteiger partial charge on any atom is 0.318 e. The third kappa shape index (κ3) is 5.81. The highest BCUT2D eigenvalue weighted by molar-refractivity contribution is 6.36. The van der Waals surface area contributed by atoms with Gasteiger partial charge in [0.25, 0.3) is 0 Å². The minimum absolute atomic E-state index is 0.146. The first-order chi connectivity index (χ1) is 20.1. The first-order valence-electron chi connectivity index (χ1n) is 14.1. The van der Waals surface area contributed by atoms with Gasteiger partial charge in [0.1, 0.15) is 18.5 Å². The summed E-state index contributed by atoms with van der Waals surface area (Å²) in [5, 5.41) is 2.86. The molecule has 1 saturated carbocycles. The molecule has 0 bridgehead atoms. The number of hydrogen-bond donors (Lipinski definition) is 0. The van der Waals surface area contributed by atoms with Gasteiger partial charge >= 0.3 is 6.01 Å². The quantitative estimate of drug-likeness (QED) is 0.212. The molecule has 0 N–H and O–H groups in total. The van der Waals surface area contributed by atoms with Gasteiger partial charge < -0.3 is 29.0 Å². The molecule has 2 fully saturated rings. The van der Waals surface area contributed by atoms with Gasteiger partial charge in [-0.2, -0.15) is 9.97 Å². The van der Waals surface area contributed by atoms with Gasteiger partial charge in [0, 0.05) is 42.8 Å². The number of fused-ring (bicyclic) bond motifs is 2. The van der Waals surface area contributed by atoms with Crippen molar-refractivity contribution in [3.63, 3.8) is 0 Å². The van der Waals surface area contributed by atoms with Crippen molar-refractivity contribution >= 4 is 39.8 Å². The summed E-state index contributed by atoms with van der Waals surface area (Å²) in [5.41, 5.74) is 3.07. The molecule has 3 heterocycles. The van der Waals surface area contributed by atoms with E-state index in [-0.39, 0.29) is 18.5 Å². The van der Waals surface area contributed by atoms with Crippen LogP contribution >= 0.6 is 11.6 Å². The van der Waals surface area contributed by atoms with Crippen molar-refractivity contribution in [2.45, 2.75) is 38.0 Å². The van der Waals surface area contributed by atoms with Crippen molar-refractivity contribution in [1.82, 2.24) is 14.9 Å². The maximum atomic E-state index is 12.5. The van der Waals surface area contributed by atoms with Crippen molar-refractivity contribution in [3.05, 3.63) is 76.8 Å². The van der Waals surface area contributed by atoms with E-state index in [1.54, 1.807) is 4.90 Å². The molecule has 212 valence electrons. The molecule has 0 spiro atoms. The van der Waals surface area contributed by atoms with Crippen molar-refractivity contribution in [2.75, 3.05) is 55.7 Å². The van der Waals surface area contributed by atoms with E-state index in [4.69, 9.17) is 37.6 Å². The van der Waals surface area contributed by atoms with E-state index < -0.39 is 0 Å². The van der Waals surface area contributed by atoms with Crippen LogP contribution in [0, 0.1) is 6.57 Å². The van der Waals surface area contributed by atoms with Crippen LogP contribution in [0.15, 0.2) is 49.1 Å². The lowest BCUT2D eigenvalue weighted by atomic mass is 10.0. The molecular formula is C31H33ClN6O3. The number of carbonyl (C=O) groups is 1. The van der Waals surface area contributed by atoms with Gasteiger partial charge in [-0.1, -0.05) is 42.4 Å². The van der Waals surface area contributed by atoms with Gasteiger partial charge in [0.2, 0.25) is 12.5 Å². The molecule has 1 aliphatic carbocycles. The Balaban J connectivity index is 1.31. The highest BCUT2D eigenvalue weighted by Crippen LogP contribution is 2.37. The van der Waals surface area contributed by atoms with Crippen molar-refractivity contribution in [3.8, 4) is 6.01 Å². The van der Waals surface area contributed by atoms with Crippen LogP contribution < -0.4 is 14.5 Å². The summed E-state index contributed by atoms with van der Waals surface area (Å²) in [6.45, 7) is 15.2. The molecule has 1 saturated heterocycles. The molecule has 0 unspecified atom stereocenters. The number of hydrogen-bond acceptors (Lipinski definition) is 7. The lowest BCUT2D eigenvalue weighted by Crippen LogP contribution is -2.56. The molecule has 3 aromatic rings.